The maximum absolute atomic E-state index is 12.3. The zero-order valence-electron chi connectivity index (χ0n) is 10.4. The van der Waals surface area contributed by atoms with Gasteiger partial charge in [-0.2, -0.15) is 4.31 Å². The van der Waals surface area contributed by atoms with Crippen molar-refractivity contribution in [3.8, 4) is 0 Å². The third-order valence-electron chi connectivity index (χ3n) is 3.01. The summed E-state index contributed by atoms with van der Waals surface area (Å²) in [7, 11) is -1.95. The largest absolute Gasteiger partial charge is 0.392 e. The second-order valence-electron chi connectivity index (χ2n) is 4.04. The van der Waals surface area contributed by atoms with Gasteiger partial charge in [-0.05, 0) is 25.0 Å². The molecule has 0 aliphatic carbocycles. The van der Waals surface area contributed by atoms with Crippen molar-refractivity contribution < 1.29 is 13.5 Å². The van der Waals surface area contributed by atoms with Gasteiger partial charge in [0.15, 0.2) is 0 Å². The van der Waals surface area contributed by atoms with Crippen molar-refractivity contribution in [2.75, 3.05) is 7.05 Å². The van der Waals surface area contributed by atoms with Crippen molar-refractivity contribution in [2.45, 2.75) is 37.8 Å². The van der Waals surface area contributed by atoms with E-state index in [1.807, 2.05) is 13.8 Å². The number of benzene rings is 1. The third-order valence-corrected chi connectivity index (χ3v) is 5.08. The Morgan fingerprint density at radius 2 is 1.94 bits per heavy atom. The minimum absolute atomic E-state index is 0.0632. The van der Waals surface area contributed by atoms with Gasteiger partial charge in [0.25, 0.3) is 0 Å². The molecule has 1 atom stereocenters. The summed E-state index contributed by atoms with van der Waals surface area (Å²) < 4.78 is 26.0. The van der Waals surface area contributed by atoms with Crippen LogP contribution in [0.5, 0.6) is 0 Å². The molecule has 0 amide bonds. The fraction of sp³-hybridized carbons (Fsp3) is 0.500. The molecule has 1 aromatic carbocycles. The van der Waals surface area contributed by atoms with E-state index < -0.39 is 10.0 Å². The number of hydrogen-bond donors (Lipinski definition) is 1. The SMILES string of the molecule is CCC(C)N(C)S(=O)(=O)c1ccccc1CO. The Morgan fingerprint density at radius 3 is 2.47 bits per heavy atom. The normalized spacial score (nSPS) is 13.9. The molecule has 1 N–H and O–H groups in total. The van der Waals surface area contributed by atoms with Crippen LogP contribution in [0.1, 0.15) is 25.8 Å². The van der Waals surface area contributed by atoms with Crippen molar-refractivity contribution in [3.63, 3.8) is 0 Å². The highest BCUT2D eigenvalue weighted by atomic mass is 32.2. The Labute approximate surface area is 103 Å². The van der Waals surface area contributed by atoms with E-state index in [0.717, 1.165) is 6.42 Å². The number of sulfonamides is 1. The molecule has 0 spiro atoms. The van der Waals surface area contributed by atoms with Crippen LogP contribution < -0.4 is 0 Å². The van der Waals surface area contributed by atoms with Crippen LogP contribution in [0, 0.1) is 0 Å². The molecule has 1 aromatic rings. The molecule has 1 rings (SSSR count). The van der Waals surface area contributed by atoms with Crippen LogP contribution in [-0.4, -0.2) is 30.9 Å². The van der Waals surface area contributed by atoms with Gasteiger partial charge < -0.3 is 5.11 Å². The summed E-state index contributed by atoms with van der Waals surface area (Å²) in [4.78, 5) is 0.185. The van der Waals surface area contributed by atoms with Gasteiger partial charge in [0, 0.05) is 13.1 Å². The first kappa shape index (κ1) is 14.2. The molecule has 0 radical (unpaired) electrons. The first-order valence-electron chi connectivity index (χ1n) is 5.62. The van der Waals surface area contributed by atoms with E-state index in [0.29, 0.717) is 5.56 Å². The Bertz CT molecular complexity index is 470. The first-order chi connectivity index (χ1) is 7.95. The lowest BCUT2D eigenvalue weighted by Crippen LogP contribution is -2.35. The molecule has 0 saturated carbocycles. The summed E-state index contributed by atoms with van der Waals surface area (Å²) in [5.41, 5.74) is 0.433. The average molecular weight is 257 g/mol. The van der Waals surface area contributed by atoms with E-state index >= 15 is 0 Å². The Hall–Kier alpha value is -0.910. The molecule has 4 nitrogen and oxygen atoms in total. The zero-order valence-corrected chi connectivity index (χ0v) is 11.2. The van der Waals surface area contributed by atoms with E-state index in [9.17, 15) is 13.5 Å². The zero-order chi connectivity index (χ0) is 13.1. The number of aliphatic hydroxyl groups excluding tert-OH is 1. The van der Waals surface area contributed by atoms with E-state index in [4.69, 9.17) is 0 Å². The monoisotopic (exact) mass is 257 g/mol. The van der Waals surface area contributed by atoms with Crippen LogP contribution in [0.4, 0.5) is 0 Å². The number of hydrogen-bond acceptors (Lipinski definition) is 3. The van der Waals surface area contributed by atoms with Crippen molar-refractivity contribution in [3.05, 3.63) is 29.8 Å². The van der Waals surface area contributed by atoms with Crippen molar-refractivity contribution >= 4 is 10.0 Å². The molecule has 5 heteroatoms. The molecule has 0 aliphatic heterocycles. The van der Waals surface area contributed by atoms with E-state index in [2.05, 4.69) is 0 Å². The van der Waals surface area contributed by atoms with E-state index in [1.54, 1.807) is 25.2 Å². The Morgan fingerprint density at radius 1 is 1.35 bits per heavy atom. The minimum atomic E-state index is -3.52. The molecule has 1 unspecified atom stereocenters. The third kappa shape index (κ3) is 2.86. The standard InChI is InChI=1S/C12H19NO3S/c1-4-10(2)13(3)17(15,16)12-8-6-5-7-11(12)9-14/h5-8,10,14H,4,9H2,1-3H3. The second-order valence-corrected chi connectivity index (χ2v) is 6.01. The van der Waals surface area contributed by atoms with Crippen molar-refractivity contribution in [1.29, 1.82) is 0 Å². The number of rotatable bonds is 5. The summed E-state index contributed by atoms with van der Waals surface area (Å²) in [6, 6.07) is 6.47. The molecule has 17 heavy (non-hydrogen) atoms. The fourth-order valence-electron chi connectivity index (χ4n) is 1.54. The molecule has 0 bridgehead atoms. The summed E-state index contributed by atoms with van der Waals surface area (Å²) in [5.74, 6) is 0. The first-order valence-corrected chi connectivity index (χ1v) is 7.06. The summed E-state index contributed by atoms with van der Waals surface area (Å²) in [6.45, 7) is 3.53. The lowest BCUT2D eigenvalue weighted by atomic mass is 10.2. The van der Waals surface area contributed by atoms with Gasteiger partial charge in [-0.1, -0.05) is 25.1 Å². The predicted molar refractivity (Wildman–Crippen MR) is 67.1 cm³/mol. The van der Waals surface area contributed by atoms with E-state index in [-0.39, 0.29) is 17.5 Å². The molecular formula is C12H19NO3S. The molecule has 0 heterocycles. The minimum Gasteiger partial charge on any atom is -0.392 e. The van der Waals surface area contributed by atoms with Crippen LogP contribution in [0.25, 0.3) is 0 Å². The molecule has 96 valence electrons. The topological polar surface area (TPSA) is 57.6 Å². The van der Waals surface area contributed by atoms with Crippen LogP contribution in [0.15, 0.2) is 29.2 Å². The number of nitrogens with zero attached hydrogens (tertiary/aromatic N) is 1. The highest BCUT2D eigenvalue weighted by Gasteiger charge is 2.26. The highest BCUT2D eigenvalue weighted by molar-refractivity contribution is 7.89. The molecule has 0 aliphatic rings. The van der Waals surface area contributed by atoms with Crippen LogP contribution in [-0.2, 0) is 16.6 Å². The van der Waals surface area contributed by atoms with Crippen LogP contribution >= 0.6 is 0 Å². The smallest absolute Gasteiger partial charge is 0.243 e. The van der Waals surface area contributed by atoms with Crippen molar-refractivity contribution in [1.82, 2.24) is 4.31 Å². The maximum Gasteiger partial charge on any atom is 0.243 e. The number of aliphatic hydroxyl groups is 1. The summed E-state index contributed by atoms with van der Waals surface area (Å²) in [5, 5.41) is 9.18. The molecule has 0 saturated heterocycles. The summed E-state index contributed by atoms with van der Waals surface area (Å²) in [6.07, 6.45) is 0.747. The van der Waals surface area contributed by atoms with Crippen LogP contribution in [0.2, 0.25) is 0 Å². The quantitative estimate of drug-likeness (QED) is 0.871. The maximum atomic E-state index is 12.3. The lowest BCUT2D eigenvalue weighted by molar-refractivity contribution is 0.277. The lowest BCUT2D eigenvalue weighted by Gasteiger charge is -2.24. The van der Waals surface area contributed by atoms with Gasteiger partial charge >= 0.3 is 0 Å². The predicted octanol–water partition coefficient (Wildman–Crippen LogP) is 1.60. The summed E-state index contributed by atoms with van der Waals surface area (Å²) >= 11 is 0. The fourth-order valence-corrected chi connectivity index (χ4v) is 3.18. The average Bonchev–Trinajstić information content (AvgIpc) is 2.36. The van der Waals surface area contributed by atoms with Gasteiger partial charge in [0.1, 0.15) is 0 Å². The van der Waals surface area contributed by atoms with Gasteiger partial charge in [0.2, 0.25) is 10.0 Å². The Kier molecular flexibility index (Phi) is 4.68. The van der Waals surface area contributed by atoms with Gasteiger partial charge in [0.05, 0.1) is 11.5 Å². The van der Waals surface area contributed by atoms with Crippen LogP contribution in [0.3, 0.4) is 0 Å². The Balaban J connectivity index is 3.22. The van der Waals surface area contributed by atoms with Gasteiger partial charge in [-0.3, -0.25) is 0 Å². The molecule has 0 fully saturated rings. The van der Waals surface area contributed by atoms with Gasteiger partial charge in [-0.25, -0.2) is 8.42 Å². The second kappa shape index (κ2) is 5.62. The van der Waals surface area contributed by atoms with E-state index in [1.165, 1.54) is 10.4 Å². The molecular weight excluding hydrogens is 238 g/mol. The molecule has 0 aromatic heterocycles. The highest BCUT2D eigenvalue weighted by Crippen LogP contribution is 2.21. The van der Waals surface area contributed by atoms with Gasteiger partial charge in [-0.15, -0.1) is 0 Å². The van der Waals surface area contributed by atoms with Crippen molar-refractivity contribution in [2.24, 2.45) is 0 Å².